The molecule has 0 aliphatic carbocycles. The summed E-state index contributed by atoms with van der Waals surface area (Å²) < 4.78 is 1.81. The van der Waals surface area contributed by atoms with Crippen LogP contribution in [0.2, 0.25) is 5.02 Å². The summed E-state index contributed by atoms with van der Waals surface area (Å²) >= 11 is 7.70. The quantitative estimate of drug-likeness (QED) is 0.750. The molecule has 7 heteroatoms. The highest BCUT2D eigenvalue weighted by Crippen LogP contribution is 2.32. The molecule has 1 aromatic carbocycles. The van der Waals surface area contributed by atoms with E-state index in [0.29, 0.717) is 10.7 Å². The van der Waals surface area contributed by atoms with Crippen LogP contribution in [0.25, 0.3) is 15.5 Å². The lowest BCUT2D eigenvalue weighted by Gasteiger charge is -2.00. The summed E-state index contributed by atoms with van der Waals surface area (Å²) in [4.78, 5) is 0.791. The third-order valence-corrected chi connectivity index (χ3v) is 4.28. The smallest absolute Gasteiger partial charge is 0.234 e. The molecule has 2 heterocycles. The van der Waals surface area contributed by atoms with E-state index in [-0.39, 0.29) is 0 Å². The fraction of sp³-hybridized carbons (Fsp3) is 0.308. The van der Waals surface area contributed by atoms with Crippen molar-refractivity contribution >= 4 is 33.6 Å². The average molecular weight is 308 g/mol. The molecule has 0 radical (unpaired) electrons. The summed E-state index contributed by atoms with van der Waals surface area (Å²) in [5.74, 6) is 0.899. The van der Waals surface area contributed by atoms with Crippen LogP contribution in [-0.4, -0.2) is 19.8 Å². The molecule has 3 aromatic rings. The molecule has 0 aliphatic heterocycles. The summed E-state index contributed by atoms with van der Waals surface area (Å²) in [6, 6.07) is 5.44. The molecule has 3 rings (SSSR count). The Bertz CT molecular complexity index is 748. The molecule has 0 fully saturated rings. The first kappa shape index (κ1) is 13.3. The van der Waals surface area contributed by atoms with Crippen molar-refractivity contribution in [2.75, 3.05) is 5.73 Å². The fourth-order valence-electron chi connectivity index (χ4n) is 1.96. The van der Waals surface area contributed by atoms with Gasteiger partial charge in [0.25, 0.3) is 0 Å². The largest absolute Gasteiger partial charge is 0.399 e. The van der Waals surface area contributed by atoms with Crippen LogP contribution < -0.4 is 5.73 Å². The number of nitrogens with zero attached hydrogens (tertiary/aromatic N) is 4. The molecule has 5 nitrogen and oxygen atoms in total. The number of hydrogen-bond acceptors (Lipinski definition) is 5. The minimum atomic E-state index is 0.602. The highest BCUT2D eigenvalue weighted by molar-refractivity contribution is 7.19. The van der Waals surface area contributed by atoms with Gasteiger partial charge in [-0.05, 0) is 24.6 Å². The first-order valence-corrected chi connectivity index (χ1v) is 7.65. The van der Waals surface area contributed by atoms with Crippen molar-refractivity contribution in [1.82, 2.24) is 19.8 Å². The van der Waals surface area contributed by atoms with Gasteiger partial charge in [0.1, 0.15) is 5.01 Å². The van der Waals surface area contributed by atoms with Crippen LogP contribution in [0, 0.1) is 0 Å². The number of fused-ring (bicyclic) bond motifs is 1. The molecular formula is C13H14ClN5S. The molecule has 104 valence electrons. The van der Waals surface area contributed by atoms with Crippen molar-refractivity contribution in [3.8, 4) is 10.6 Å². The predicted octanol–water partition coefficient (Wildman–Crippen LogP) is 3.43. The van der Waals surface area contributed by atoms with Gasteiger partial charge in [-0.3, -0.25) is 0 Å². The number of nitrogens with two attached hydrogens (primary N) is 1. The third kappa shape index (κ3) is 2.36. The molecule has 0 spiro atoms. The lowest BCUT2D eigenvalue weighted by Crippen LogP contribution is -1.96. The van der Waals surface area contributed by atoms with Crippen LogP contribution in [0.15, 0.2) is 18.2 Å². The number of aryl methyl sites for hydroxylation is 1. The third-order valence-electron chi connectivity index (χ3n) is 3.03. The van der Waals surface area contributed by atoms with Crippen LogP contribution in [0.4, 0.5) is 5.69 Å². The van der Waals surface area contributed by atoms with Crippen molar-refractivity contribution < 1.29 is 0 Å². The molecule has 20 heavy (non-hydrogen) atoms. The van der Waals surface area contributed by atoms with Gasteiger partial charge in [-0.25, -0.2) is 0 Å². The van der Waals surface area contributed by atoms with Gasteiger partial charge < -0.3 is 5.73 Å². The number of unbranched alkanes of at least 4 members (excludes halogenated alkanes) is 1. The minimum absolute atomic E-state index is 0.602. The van der Waals surface area contributed by atoms with E-state index < -0.39 is 0 Å². The van der Waals surface area contributed by atoms with Crippen molar-refractivity contribution in [3.05, 3.63) is 29.0 Å². The zero-order chi connectivity index (χ0) is 14.1. The molecule has 2 aromatic heterocycles. The van der Waals surface area contributed by atoms with Crippen LogP contribution in [-0.2, 0) is 6.42 Å². The van der Waals surface area contributed by atoms with Gasteiger partial charge in [-0.1, -0.05) is 36.3 Å². The summed E-state index contributed by atoms with van der Waals surface area (Å²) in [6.45, 7) is 2.15. The normalized spacial score (nSPS) is 11.3. The predicted molar refractivity (Wildman–Crippen MR) is 82.1 cm³/mol. The Morgan fingerprint density at radius 3 is 2.95 bits per heavy atom. The van der Waals surface area contributed by atoms with E-state index in [1.54, 1.807) is 6.07 Å². The Hall–Kier alpha value is -1.66. The Morgan fingerprint density at radius 1 is 1.35 bits per heavy atom. The second-order valence-corrected chi connectivity index (χ2v) is 5.92. The summed E-state index contributed by atoms with van der Waals surface area (Å²) in [5.41, 5.74) is 7.23. The van der Waals surface area contributed by atoms with Crippen molar-refractivity contribution in [1.29, 1.82) is 0 Å². The summed E-state index contributed by atoms with van der Waals surface area (Å²) in [5, 5.41) is 14.3. The highest BCUT2D eigenvalue weighted by atomic mass is 35.5. The Labute approximate surface area is 125 Å². The molecule has 0 bridgehead atoms. The van der Waals surface area contributed by atoms with E-state index in [1.165, 1.54) is 11.3 Å². The topological polar surface area (TPSA) is 69.1 Å². The highest BCUT2D eigenvalue weighted by Gasteiger charge is 2.14. The van der Waals surface area contributed by atoms with E-state index in [1.807, 2.05) is 16.6 Å². The molecule has 2 N–H and O–H groups in total. The number of aromatic nitrogens is 4. The molecule has 0 saturated carbocycles. The molecule has 0 atom stereocenters. The molecule has 0 amide bonds. The van der Waals surface area contributed by atoms with Crippen LogP contribution in [0.3, 0.4) is 0 Å². The van der Waals surface area contributed by atoms with E-state index in [9.17, 15) is 0 Å². The van der Waals surface area contributed by atoms with Crippen molar-refractivity contribution in [2.24, 2.45) is 0 Å². The standard InChI is InChI=1S/C13H14ClN5S/c1-2-3-4-11-16-17-13-19(11)18-12(20-13)9-6-5-8(15)7-10(9)14/h5-7H,2-4,15H2,1H3. The van der Waals surface area contributed by atoms with Crippen LogP contribution >= 0.6 is 22.9 Å². The zero-order valence-electron chi connectivity index (χ0n) is 11.0. The van der Waals surface area contributed by atoms with E-state index in [4.69, 9.17) is 17.3 Å². The lowest BCUT2D eigenvalue weighted by atomic mass is 10.2. The second kappa shape index (κ2) is 5.38. The molecule has 0 saturated heterocycles. The maximum atomic E-state index is 6.22. The van der Waals surface area contributed by atoms with Crippen LogP contribution in [0.1, 0.15) is 25.6 Å². The van der Waals surface area contributed by atoms with Gasteiger partial charge in [-0.15, -0.1) is 10.2 Å². The number of anilines is 1. The first-order valence-electron chi connectivity index (χ1n) is 6.45. The van der Waals surface area contributed by atoms with E-state index >= 15 is 0 Å². The number of rotatable bonds is 4. The Balaban J connectivity index is 2.02. The van der Waals surface area contributed by atoms with Gasteiger partial charge in [0.15, 0.2) is 5.82 Å². The van der Waals surface area contributed by atoms with Gasteiger partial charge in [-0.2, -0.15) is 9.61 Å². The zero-order valence-corrected chi connectivity index (χ0v) is 12.6. The maximum Gasteiger partial charge on any atom is 0.234 e. The van der Waals surface area contributed by atoms with Gasteiger partial charge in [0.2, 0.25) is 4.96 Å². The van der Waals surface area contributed by atoms with Crippen molar-refractivity contribution in [2.45, 2.75) is 26.2 Å². The fourth-order valence-corrected chi connectivity index (χ4v) is 3.19. The van der Waals surface area contributed by atoms with Crippen molar-refractivity contribution in [3.63, 3.8) is 0 Å². The maximum absolute atomic E-state index is 6.22. The second-order valence-electron chi connectivity index (χ2n) is 4.56. The lowest BCUT2D eigenvalue weighted by molar-refractivity contribution is 0.723. The number of nitrogen functional groups attached to an aromatic ring is 1. The van der Waals surface area contributed by atoms with Gasteiger partial charge in [0, 0.05) is 17.7 Å². The minimum Gasteiger partial charge on any atom is -0.399 e. The Kier molecular flexibility index (Phi) is 3.58. The molecular weight excluding hydrogens is 294 g/mol. The number of hydrogen-bond donors (Lipinski definition) is 1. The van der Waals surface area contributed by atoms with Gasteiger partial charge >= 0.3 is 0 Å². The molecule has 0 aliphatic rings. The SMILES string of the molecule is CCCCc1nnc2sc(-c3ccc(N)cc3Cl)nn12. The monoisotopic (exact) mass is 307 g/mol. The number of halogens is 1. The number of benzene rings is 1. The average Bonchev–Trinajstić information content (AvgIpc) is 2.97. The van der Waals surface area contributed by atoms with Crippen LogP contribution in [0.5, 0.6) is 0 Å². The van der Waals surface area contributed by atoms with E-state index in [2.05, 4.69) is 22.2 Å². The Morgan fingerprint density at radius 2 is 2.20 bits per heavy atom. The first-order chi connectivity index (χ1) is 9.69. The van der Waals surface area contributed by atoms with E-state index in [0.717, 1.165) is 40.6 Å². The summed E-state index contributed by atoms with van der Waals surface area (Å²) in [6.07, 6.45) is 3.09. The molecule has 0 unspecified atom stereocenters. The summed E-state index contributed by atoms with van der Waals surface area (Å²) in [7, 11) is 0. The van der Waals surface area contributed by atoms with Gasteiger partial charge in [0.05, 0.1) is 5.02 Å².